The van der Waals surface area contributed by atoms with Gasteiger partial charge in [0.2, 0.25) is 0 Å². The fourth-order valence-electron chi connectivity index (χ4n) is 4.49. The minimum atomic E-state index is -4.39. The van der Waals surface area contributed by atoms with Crippen LogP contribution in [0.4, 0.5) is 11.4 Å². The summed E-state index contributed by atoms with van der Waals surface area (Å²) in [6, 6.07) is 19.7. The van der Waals surface area contributed by atoms with Crippen molar-refractivity contribution in [2.24, 2.45) is 5.10 Å². The maximum absolute atomic E-state index is 13.7. The number of carbonyl (C=O) groups excluding carboxylic acids is 1. The summed E-state index contributed by atoms with van der Waals surface area (Å²) in [4.78, 5) is 23.5. The molecule has 11 nitrogen and oxygen atoms in total. The fourth-order valence-corrected chi connectivity index (χ4v) is 5.93. The molecule has 0 saturated carbocycles. The van der Waals surface area contributed by atoms with E-state index in [1.807, 2.05) is 51.1 Å². The van der Waals surface area contributed by atoms with Crippen molar-refractivity contribution in [3.8, 4) is 11.4 Å². The molecule has 1 aromatic heterocycles. The number of ether oxygens (including phenoxy) is 1. The molecule has 3 aromatic carbocycles. The summed E-state index contributed by atoms with van der Waals surface area (Å²) in [5.74, 6) is -0.223. The molecule has 0 aliphatic carbocycles. The van der Waals surface area contributed by atoms with Crippen LogP contribution in [0.1, 0.15) is 28.1 Å². The van der Waals surface area contributed by atoms with Crippen LogP contribution in [0.3, 0.4) is 0 Å². The van der Waals surface area contributed by atoms with E-state index in [0.717, 1.165) is 38.6 Å². The number of carbonyl (C=O) groups is 1. The normalized spacial score (nSPS) is 11.5. The van der Waals surface area contributed by atoms with Crippen molar-refractivity contribution in [1.82, 2.24) is 9.99 Å². The van der Waals surface area contributed by atoms with Crippen molar-refractivity contribution in [1.29, 1.82) is 0 Å². The van der Waals surface area contributed by atoms with E-state index in [4.69, 9.17) is 4.74 Å². The first-order chi connectivity index (χ1) is 19.9. The standard InChI is InChI=1S/C30H31N5O6S/c1-20-6-9-26(10-7-20)34-22(3)16-24(23(34)4)18-31-32-30(36)19-33(25-11-13-27(41-5)14-12-25)42(39,40)28-15-8-21(2)29(17-28)35(37)38/h6-18H,19H2,1-5H3,(H,32,36)/b31-18-. The molecule has 0 radical (unpaired) electrons. The number of aromatic nitrogens is 1. The topological polar surface area (TPSA) is 136 Å². The second-order valence-corrected chi connectivity index (χ2v) is 11.6. The van der Waals surface area contributed by atoms with E-state index in [1.54, 1.807) is 12.1 Å². The first-order valence-electron chi connectivity index (χ1n) is 12.9. The molecule has 0 bridgehead atoms. The molecule has 1 amide bonds. The number of nitro benzene ring substituents is 1. The Labute approximate surface area is 244 Å². The third-order valence-electron chi connectivity index (χ3n) is 6.77. The molecular weight excluding hydrogens is 558 g/mol. The Kier molecular flexibility index (Phi) is 8.76. The van der Waals surface area contributed by atoms with Gasteiger partial charge in [-0.1, -0.05) is 23.8 Å². The van der Waals surface area contributed by atoms with Crippen LogP contribution in [0.5, 0.6) is 5.75 Å². The fraction of sp³-hybridized carbons (Fsp3) is 0.200. The van der Waals surface area contributed by atoms with Gasteiger partial charge in [-0.3, -0.25) is 19.2 Å². The van der Waals surface area contributed by atoms with Crippen molar-refractivity contribution in [2.75, 3.05) is 18.0 Å². The number of aryl methyl sites for hydroxylation is 3. The number of nitro groups is 1. The summed E-state index contributed by atoms with van der Waals surface area (Å²) < 4.78 is 35.5. The van der Waals surface area contributed by atoms with E-state index < -0.39 is 27.4 Å². The molecule has 0 fully saturated rings. The number of anilines is 1. The quantitative estimate of drug-likeness (QED) is 0.158. The van der Waals surface area contributed by atoms with Crippen LogP contribution in [0.2, 0.25) is 0 Å². The number of hydrogen-bond donors (Lipinski definition) is 1. The molecule has 12 heteroatoms. The zero-order chi connectivity index (χ0) is 30.6. The number of hydrogen-bond acceptors (Lipinski definition) is 7. The maximum Gasteiger partial charge on any atom is 0.273 e. The van der Waals surface area contributed by atoms with Crippen molar-refractivity contribution in [3.05, 3.63) is 111 Å². The van der Waals surface area contributed by atoms with E-state index in [9.17, 15) is 23.3 Å². The van der Waals surface area contributed by atoms with Gasteiger partial charge in [0.15, 0.2) is 0 Å². The van der Waals surface area contributed by atoms with Gasteiger partial charge in [-0.2, -0.15) is 5.10 Å². The molecule has 1 heterocycles. The molecule has 0 unspecified atom stereocenters. The molecule has 4 aromatic rings. The van der Waals surface area contributed by atoms with E-state index in [-0.39, 0.29) is 16.3 Å². The van der Waals surface area contributed by atoms with Gasteiger partial charge in [-0.25, -0.2) is 13.8 Å². The Hall–Kier alpha value is -4.97. The first-order valence-corrected chi connectivity index (χ1v) is 14.4. The highest BCUT2D eigenvalue weighted by atomic mass is 32.2. The van der Waals surface area contributed by atoms with Crippen LogP contribution >= 0.6 is 0 Å². The Morgan fingerprint density at radius 2 is 1.69 bits per heavy atom. The highest BCUT2D eigenvalue weighted by molar-refractivity contribution is 7.92. The minimum Gasteiger partial charge on any atom is -0.497 e. The predicted molar refractivity (Wildman–Crippen MR) is 161 cm³/mol. The Bertz CT molecular complexity index is 1760. The number of sulfonamides is 1. The summed E-state index contributed by atoms with van der Waals surface area (Å²) in [6.07, 6.45) is 1.50. The number of hydrazone groups is 1. The Morgan fingerprint density at radius 1 is 1.02 bits per heavy atom. The molecule has 42 heavy (non-hydrogen) atoms. The molecule has 0 atom stereocenters. The van der Waals surface area contributed by atoms with Crippen LogP contribution in [-0.4, -0.2) is 43.7 Å². The second kappa shape index (κ2) is 12.3. The summed E-state index contributed by atoms with van der Waals surface area (Å²) in [7, 11) is -2.92. The lowest BCUT2D eigenvalue weighted by atomic mass is 10.2. The third-order valence-corrected chi connectivity index (χ3v) is 8.54. The smallest absolute Gasteiger partial charge is 0.273 e. The van der Waals surface area contributed by atoms with Crippen molar-refractivity contribution < 1.29 is 22.9 Å². The average Bonchev–Trinajstić information content (AvgIpc) is 3.24. The van der Waals surface area contributed by atoms with E-state index in [0.29, 0.717) is 11.3 Å². The van der Waals surface area contributed by atoms with Gasteiger partial charge in [0.25, 0.3) is 21.6 Å². The van der Waals surface area contributed by atoms with Crippen LogP contribution in [-0.2, 0) is 14.8 Å². The SMILES string of the molecule is COc1ccc(N(CC(=O)N/N=C\c2cc(C)n(-c3ccc(C)cc3)c2C)S(=O)(=O)c2ccc(C)c([N+](=O)[O-])c2)cc1. The largest absolute Gasteiger partial charge is 0.497 e. The molecule has 218 valence electrons. The van der Waals surface area contributed by atoms with Crippen LogP contribution in [0.25, 0.3) is 5.69 Å². The van der Waals surface area contributed by atoms with E-state index >= 15 is 0 Å². The molecule has 4 rings (SSSR count). The van der Waals surface area contributed by atoms with Gasteiger partial charge in [-0.15, -0.1) is 0 Å². The zero-order valence-corrected chi connectivity index (χ0v) is 24.7. The van der Waals surface area contributed by atoms with E-state index in [2.05, 4.69) is 15.1 Å². The molecule has 0 saturated heterocycles. The summed E-state index contributed by atoms with van der Waals surface area (Å²) >= 11 is 0. The van der Waals surface area contributed by atoms with Crippen molar-refractivity contribution >= 4 is 33.5 Å². The lowest BCUT2D eigenvalue weighted by molar-refractivity contribution is -0.385. The molecular formula is C30H31N5O6S. The third kappa shape index (κ3) is 6.33. The van der Waals surface area contributed by atoms with E-state index in [1.165, 1.54) is 44.5 Å². The Morgan fingerprint density at radius 3 is 2.31 bits per heavy atom. The lowest BCUT2D eigenvalue weighted by Gasteiger charge is -2.24. The van der Waals surface area contributed by atoms with Gasteiger partial charge >= 0.3 is 0 Å². The van der Waals surface area contributed by atoms with Gasteiger partial charge in [0, 0.05) is 34.3 Å². The molecule has 0 spiro atoms. The highest BCUT2D eigenvalue weighted by Crippen LogP contribution is 2.29. The van der Waals surface area contributed by atoms with Crippen molar-refractivity contribution in [2.45, 2.75) is 32.6 Å². The van der Waals surface area contributed by atoms with Gasteiger partial charge in [0.05, 0.1) is 28.8 Å². The average molecular weight is 590 g/mol. The Balaban J connectivity index is 1.59. The summed E-state index contributed by atoms with van der Waals surface area (Å²) in [6.45, 7) is 6.81. The monoisotopic (exact) mass is 589 g/mol. The van der Waals surface area contributed by atoms with Gasteiger partial charge < -0.3 is 9.30 Å². The number of rotatable bonds is 10. The maximum atomic E-state index is 13.7. The van der Waals surface area contributed by atoms with Crippen LogP contribution < -0.4 is 14.5 Å². The summed E-state index contributed by atoms with van der Waals surface area (Å²) in [5.41, 5.74) is 7.35. The number of amides is 1. The van der Waals surface area contributed by atoms with Gasteiger partial charge in [0.1, 0.15) is 12.3 Å². The van der Waals surface area contributed by atoms with Crippen LogP contribution in [0.15, 0.2) is 82.8 Å². The molecule has 0 aliphatic heterocycles. The minimum absolute atomic E-state index is 0.166. The lowest BCUT2D eigenvalue weighted by Crippen LogP contribution is -2.39. The number of methoxy groups -OCH3 is 1. The molecule has 1 N–H and O–H groups in total. The molecule has 0 aliphatic rings. The first kappa shape index (κ1) is 30.0. The highest BCUT2D eigenvalue weighted by Gasteiger charge is 2.29. The van der Waals surface area contributed by atoms with Crippen molar-refractivity contribution in [3.63, 3.8) is 0 Å². The second-order valence-electron chi connectivity index (χ2n) is 9.71. The number of benzene rings is 3. The number of nitrogens with one attached hydrogen (secondary N) is 1. The zero-order valence-electron chi connectivity index (χ0n) is 23.9. The van der Waals surface area contributed by atoms with Crippen LogP contribution in [0, 0.1) is 37.8 Å². The predicted octanol–water partition coefficient (Wildman–Crippen LogP) is 4.97. The van der Waals surface area contributed by atoms with Gasteiger partial charge in [-0.05, 0) is 76.2 Å². The number of nitrogens with zero attached hydrogens (tertiary/aromatic N) is 4. The summed E-state index contributed by atoms with van der Waals surface area (Å²) in [5, 5.41) is 15.5.